The Morgan fingerprint density at radius 1 is 1.11 bits per heavy atom. The number of carbonyl (C=O) groups excluding carboxylic acids is 3. The van der Waals surface area contributed by atoms with E-state index in [4.69, 9.17) is 39.5 Å². The SMILES string of the molecule is CC(C)(C)OC(=O)N(CCCCNC(=O)C(F)(F)F)Cc1cccc2ncc(C(=O)C(Cl)(Cl)Cl)n12. The van der Waals surface area contributed by atoms with Crippen LogP contribution in [0, 0.1) is 0 Å². The molecule has 35 heavy (non-hydrogen) atoms. The number of unbranched alkanes of at least 4 members (excludes halogenated alkanes) is 1. The molecule has 1 N–H and O–H groups in total. The number of ketones is 1. The number of pyridine rings is 1. The number of carbonyl (C=O) groups is 3. The maximum absolute atomic E-state index is 12.8. The van der Waals surface area contributed by atoms with Gasteiger partial charge in [-0.1, -0.05) is 40.9 Å². The highest BCUT2D eigenvalue weighted by molar-refractivity contribution is 6.77. The van der Waals surface area contributed by atoms with Gasteiger partial charge in [0.05, 0.1) is 12.7 Å². The molecule has 2 rings (SSSR count). The van der Waals surface area contributed by atoms with Gasteiger partial charge >= 0.3 is 18.2 Å². The average Bonchev–Trinajstić information content (AvgIpc) is 3.14. The lowest BCUT2D eigenvalue weighted by Crippen LogP contribution is -2.39. The fourth-order valence-corrected chi connectivity index (χ4v) is 3.31. The second-order valence-electron chi connectivity index (χ2n) is 8.54. The first-order chi connectivity index (χ1) is 16.0. The first-order valence-electron chi connectivity index (χ1n) is 10.4. The van der Waals surface area contributed by atoms with Crippen LogP contribution in [-0.2, 0) is 16.1 Å². The van der Waals surface area contributed by atoms with Crippen molar-refractivity contribution in [3.05, 3.63) is 35.8 Å². The van der Waals surface area contributed by atoms with Crippen molar-refractivity contribution in [2.45, 2.75) is 55.7 Å². The Kier molecular flexibility index (Phi) is 9.29. The standard InChI is InChI=1S/C21H24Cl3F3N4O4/c1-19(2,3)35-18(34)30(10-5-4-9-28-17(33)21(25,26)27)12-13-7-6-8-15-29-11-14(31(13)15)16(32)20(22,23)24/h6-8,11H,4-5,9-10,12H2,1-3H3,(H,28,33). The van der Waals surface area contributed by atoms with E-state index in [1.165, 1.54) is 15.5 Å². The summed E-state index contributed by atoms with van der Waals surface area (Å²) >= 11 is 17.3. The Hall–Kier alpha value is -2.24. The zero-order valence-electron chi connectivity index (χ0n) is 19.1. The van der Waals surface area contributed by atoms with E-state index in [9.17, 15) is 27.6 Å². The average molecular weight is 560 g/mol. The molecule has 0 saturated carbocycles. The molecular weight excluding hydrogens is 536 g/mol. The first-order valence-corrected chi connectivity index (χ1v) is 11.5. The highest BCUT2D eigenvalue weighted by Gasteiger charge is 2.38. The molecule has 2 amide bonds. The van der Waals surface area contributed by atoms with Crippen LogP contribution in [-0.4, -0.2) is 60.7 Å². The van der Waals surface area contributed by atoms with Crippen molar-refractivity contribution in [2.24, 2.45) is 0 Å². The number of rotatable bonds is 8. The second kappa shape index (κ2) is 11.2. The van der Waals surface area contributed by atoms with Crippen molar-refractivity contribution in [2.75, 3.05) is 13.1 Å². The Morgan fingerprint density at radius 3 is 2.34 bits per heavy atom. The summed E-state index contributed by atoms with van der Waals surface area (Å²) in [4.78, 5) is 41.9. The van der Waals surface area contributed by atoms with E-state index in [0.717, 1.165) is 0 Å². The maximum atomic E-state index is 12.8. The molecule has 2 aromatic heterocycles. The van der Waals surface area contributed by atoms with Crippen molar-refractivity contribution in [3.8, 4) is 0 Å². The van der Waals surface area contributed by atoms with Crippen LogP contribution in [0.5, 0.6) is 0 Å². The highest BCUT2D eigenvalue weighted by Crippen LogP contribution is 2.31. The van der Waals surface area contributed by atoms with Gasteiger partial charge in [-0.05, 0) is 45.7 Å². The van der Waals surface area contributed by atoms with E-state index in [-0.39, 0.29) is 38.2 Å². The molecule has 0 bridgehead atoms. The molecule has 0 spiro atoms. The van der Waals surface area contributed by atoms with Crippen LogP contribution < -0.4 is 5.32 Å². The molecular formula is C21H24Cl3F3N4O4. The van der Waals surface area contributed by atoms with Gasteiger partial charge in [0.1, 0.15) is 16.9 Å². The number of Topliss-reactive ketones (excluding diaryl/α,β-unsaturated/α-hetero) is 1. The fourth-order valence-electron chi connectivity index (χ4n) is 3.02. The molecule has 2 aromatic rings. The van der Waals surface area contributed by atoms with Crippen molar-refractivity contribution >= 4 is 58.2 Å². The second-order valence-corrected chi connectivity index (χ2v) is 10.8. The molecule has 8 nitrogen and oxygen atoms in total. The minimum absolute atomic E-state index is 0.00500. The van der Waals surface area contributed by atoms with Gasteiger partial charge in [0, 0.05) is 18.8 Å². The van der Waals surface area contributed by atoms with Gasteiger partial charge < -0.3 is 15.0 Å². The Morgan fingerprint density at radius 2 is 1.77 bits per heavy atom. The number of nitrogens with zero attached hydrogens (tertiary/aromatic N) is 3. The van der Waals surface area contributed by atoms with Crippen LogP contribution in [0.1, 0.15) is 49.8 Å². The van der Waals surface area contributed by atoms with Crippen molar-refractivity contribution in [3.63, 3.8) is 0 Å². The number of hydrogen-bond donors (Lipinski definition) is 1. The molecule has 194 valence electrons. The maximum Gasteiger partial charge on any atom is 0.471 e. The van der Waals surface area contributed by atoms with Crippen LogP contribution in [0.4, 0.5) is 18.0 Å². The molecule has 0 aliphatic carbocycles. The third-order valence-electron chi connectivity index (χ3n) is 4.50. The summed E-state index contributed by atoms with van der Waals surface area (Å²) < 4.78 is 41.6. The number of alkyl halides is 6. The molecule has 0 fully saturated rings. The molecule has 0 aliphatic heterocycles. The number of fused-ring (bicyclic) bond motifs is 1. The third kappa shape index (κ3) is 8.43. The lowest BCUT2D eigenvalue weighted by molar-refractivity contribution is -0.173. The molecule has 0 radical (unpaired) electrons. The third-order valence-corrected chi connectivity index (χ3v) is 5.02. The number of aromatic nitrogens is 2. The lowest BCUT2D eigenvalue weighted by Gasteiger charge is -2.28. The van der Waals surface area contributed by atoms with Gasteiger partial charge in [0.15, 0.2) is 0 Å². The van der Waals surface area contributed by atoms with Crippen LogP contribution in [0.15, 0.2) is 24.4 Å². The van der Waals surface area contributed by atoms with Gasteiger partial charge in [0.2, 0.25) is 5.78 Å². The van der Waals surface area contributed by atoms with Gasteiger partial charge in [0.25, 0.3) is 3.79 Å². The molecule has 0 aliphatic rings. The quantitative estimate of drug-likeness (QED) is 0.277. The zero-order chi connectivity index (χ0) is 26.6. The molecule has 0 aromatic carbocycles. The number of halogens is 6. The summed E-state index contributed by atoms with van der Waals surface area (Å²) in [6.45, 7) is 4.88. The van der Waals surface area contributed by atoms with Crippen LogP contribution in [0.25, 0.3) is 5.65 Å². The zero-order valence-corrected chi connectivity index (χ0v) is 21.4. The Labute approximate surface area is 214 Å². The predicted octanol–water partition coefficient (Wildman–Crippen LogP) is 5.08. The minimum Gasteiger partial charge on any atom is -0.444 e. The van der Waals surface area contributed by atoms with Crippen LogP contribution in [0.3, 0.4) is 0 Å². The highest BCUT2D eigenvalue weighted by atomic mass is 35.6. The topological polar surface area (TPSA) is 93.0 Å². The monoisotopic (exact) mass is 558 g/mol. The fraction of sp³-hybridized carbons (Fsp3) is 0.524. The van der Waals surface area contributed by atoms with E-state index in [1.807, 2.05) is 0 Å². The van der Waals surface area contributed by atoms with Crippen molar-refractivity contribution < 1.29 is 32.3 Å². The molecule has 14 heteroatoms. The smallest absolute Gasteiger partial charge is 0.444 e. The number of nitrogens with one attached hydrogen (secondary N) is 1. The number of ether oxygens (including phenoxy) is 1. The first kappa shape index (κ1) is 29.0. The molecule has 0 unspecified atom stereocenters. The largest absolute Gasteiger partial charge is 0.471 e. The Balaban J connectivity index is 2.23. The summed E-state index contributed by atoms with van der Waals surface area (Å²) in [6, 6.07) is 4.94. The van der Waals surface area contributed by atoms with Gasteiger partial charge in [-0.3, -0.25) is 14.0 Å². The summed E-state index contributed by atoms with van der Waals surface area (Å²) in [5.74, 6) is -2.84. The summed E-state index contributed by atoms with van der Waals surface area (Å²) in [7, 11) is 0. The van der Waals surface area contributed by atoms with E-state index in [1.54, 1.807) is 44.3 Å². The molecule has 2 heterocycles. The number of imidazole rings is 1. The molecule has 0 atom stereocenters. The Bertz CT molecular complexity index is 1080. The predicted molar refractivity (Wildman–Crippen MR) is 125 cm³/mol. The van der Waals surface area contributed by atoms with Gasteiger partial charge in [-0.2, -0.15) is 13.2 Å². The van der Waals surface area contributed by atoms with Crippen molar-refractivity contribution in [1.29, 1.82) is 0 Å². The van der Waals surface area contributed by atoms with E-state index in [0.29, 0.717) is 11.3 Å². The molecule has 0 saturated heterocycles. The van der Waals surface area contributed by atoms with E-state index in [2.05, 4.69) is 4.98 Å². The summed E-state index contributed by atoms with van der Waals surface area (Å²) in [5, 5.41) is 1.78. The number of amides is 2. The van der Waals surface area contributed by atoms with Crippen molar-refractivity contribution in [1.82, 2.24) is 19.6 Å². The number of hydrogen-bond acceptors (Lipinski definition) is 5. The van der Waals surface area contributed by atoms with E-state index >= 15 is 0 Å². The normalized spacial score (nSPS) is 12.5. The van der Waals surface area contributed by atoms with Gasteiger partial charge in [-0.25, -0.2) is 9.78 Å². The van der Waals surface area contributed by atoms with E-state index < -0.39 is 33.4 Å². The van der Waals surface area contributed by atoms with Crippen LogP contribution in [0.2, 0.25) is 0 Å². The van der Waals surface area contributed by atoms with Gasteiger partial charge in [-0.15, -0.1) is 0 Å². The summed E-state index contributed by atoms with van der Waals surface area (Å²) in [6.07, 6.45) is -3.95. The minimum atomic E-state index is -4.96. The lowest BCUT2D eigenvalue weighted by atomic mass is 10.2. The summed E-state index contributed by atoms with van der Waals surface area (Å²) in [5.41, 5.74) is 0.00992. The van der Waals surface area contributed by atoms with Crippen LogP contribution >= 0.6 is 34.8 Å².